The zero-order valence-corrected chi connectivity index (χ0v) is 10.1. The van der Waals surface area contributed by atoms with Crippen molar-refractivity contribution in [2.24, 2.45) is 5.41 Å². The maximum absolute atomic E-state index is 12.1. The number of methoxy groups -OCH3 is 1. The van der Waals surface area contributed by atoms with Crippen LogP contribution in [0.2, 0.25) is 0 Å². The fourth-order valence-electron chi connectivity index (χ4n) is 3.65. The molecular weight excluding hydrogens is 204 g/mol. The van der Waals surface area contributed by atoms with Gasteiger partial charge in [0.15, 0.2) is 0 Å². The molecule has 2 fully saturated rings. The van der Waals surface area contributed by atoms with Gasteiger partial charge in [0, 0.05) is 0 Å². The number of aliphatic hydroxyl groups is 1. The van der Waals surface area contributed by atoms with Crippen LogP contribution in [0.1, 0.15) is 57.8 Å². The minimum atomic E-state index is -0.797. The smallest absolute Gasteiger partial charge is 0.314 e. The lowest BCUT2D eigenvalue weighted by Crippen LogP contribution is -2.53. The lowest BCUT2D eigenvalue weighted by atomic mass is 9.64. The molecule has 3 nitrogen and oxygen atoms in total. The standard InChI is InChI=1S/C13H22O3/c1-16-11(14)12(7-5-6-8-12)13(15)9-3-2-4-10-13/h15H,2-10H2,1H3. The average molecular weight is 226 g/mol. The minimum absolute atomic E-state index is 0.186. The van der Waals surface area contributed by atoms with Crippen LogP contribution in [0, 0.1) is 5.41 Å². The average Bonchev–Trinajstić information content (AvgIpc) is 2.80. The fraction of sp³-hybridized carbons (Fsp3) is 0.923. The predicted octanol–water partition coefficient (Wildman–Crippen LogP) is 2.42. The van der Waals surface area contributed by atoms with Gasteiger partial charge in [-0.15, -0.1) is 0 Å². The zero-order valence-electron chi connectivity index (χ0n) is 10.1. The van der Waals surface area contributed by atoms with E-state index in [1.807, 2.05) is 0 Å². The second-order valence-electron chi connectivity index (χ2n) is 5.37. The first-order valence-corrected chi connectivity index (χ1v) is 6.45. The SMILES string of the molecule is COC(=O)C1(C2(O)CCCCC2)CCCC1. The Kier molecular flexibility index (Phi) is 3.24. The summed E-state index contributed by atoms with van der Waals surface area (Å²) in [4.78, 5) is 12.1. The summed E-state index contributed by atoms with van der Waals surface area (Å²) in [6.07, 6.45) is 8.47. The van der Waals surface area contributed by atoms with E-state index in [2.05, 4.69) is 0 Å². The topological polar surface area (TPSA) is 46.5 Å². The number of carbonyl (C=O) groups is 1. The first-order chi connectivity index (χ1) is 7.65. The van der Waals surface area contributed by atoms with Crippen LogP contribution < -0.4 is 0 Å². The molecule has 0 radical (unpaired) electrons. The van der Waals surface area contributed by atoms with Crippen LogP contribution in [0.15, 0.2) is 0 Å². The number of rotatable bonds is 2. The lowest BCUT2D eigenvalue weighted by Gasteiger charge is -2.45. The molecule has 0 saturated heterocycles. The van der Waals surface area contributed by atoms with Crippen LogP contribution in [0.3, 0.4) is 0 Å². The Morgan fingerprint density at radius 3 is 2.00 bits per heavy atom. The minimum Gasteiger partial charge on any atom is -0.469 e. The van der Waals surface area contributed by atoms with E-state index in [1.54, 1.807) is 0 Å². The number of hydrogen-bond acceptors (Lipinski definition) is 3. The molecule has 92 valence electrons. The Hall–Kier alpha value is -0.570. The third-order valence-corrected chi connectivity index (χ3v) is 4.60. The molecule has 2 saturated carbocycles. The second kappa shape index (κ2) is 4.36. The van der Waals surface area contributed by atoms with Gasteiger partial charge in [-0.3, -0.25) is 4.79 Å². The summed E-state index contributed by atoms with van der Waals surface area (Å²) in [5.41, 5.74) is -1.39. The molecule has 2 aliphatic rings. The van der Waals surface area contributed by atoms with Crippen molar-refractivity contribution in [3.8, 4) is 0 Å². The molecule has 0 spiro atoms. The number of carbonyl (C=O) groups excluding carboxylic acids is 1. The molecule has 0 unspecified atom stereocenters. The highest BCUT2D eigenvalue weighted by Crippen LogP contribution is 2.52. The van der Waals surface area contributed by atoms with E-state index in [-0.39, 0.29) is 5.97 Å². The molecule has 0 amide bonds. The van der Waals surface area contributed by atoms with Gasteiger partial charge in [-0.1, -0.05) is 32.1 Å². The van der Waals surface area contributed by atoms with E-state index in [0.29, 0.717) is 0 Å². The predicted molar refractivity (Wildman–Crippen MR) is 61.0 cm³/mol. The Morgan fingerprint density at radius 2 is 1.50 bits per heavy atom. The van der Waals surface area contributed by atoms with Crippen molar-refractivity contribution in [3.05, 3.63) is 0 Å². The van der Waals surface area contributed by atoms with Gasteiger partial charge in [0.1, 0.15) is 0 Å². The normalized spacial score (nSPS) is 27.6. The Morgan fingerprint density at radius 1 is 1.00 bits per heavy atom. The lowest BCUT2D eigenvalue weighted by molar-refractivity contribution is -0.177. The Labute approximate surface area is 97.2 Å². The molecule has 3 heteroatoms. The first-order valence-electron chi connectivity index (χ1n) is 6.45. The first kappa shape index (κ1) is 11.9. The van der Waals surface area contributed by atoms with Crippen molar-refractivity contribution in [1.29, 1.82) is 0 Å². The van der Waals surface area contributed by atoms with Crippen LogP contribution >= 0.6 is 0 Å². The highest BCUT2D eigenvalue weighted by molar-refractivity contribution is 5.78. The van der Waals surface area contributed by atoms with Crippen molar-refractivity contribution in [1.82, 2.24) is 0 Å². The van der Waals surface area contributed by atoms with Gasteiger partial charge >= 0.3 is 5.97 Å². The molecule has 0 aromatic carbocycles. The van der Waals surface area contributed by atoms with Crippen molar-refractivity contribution in [3.63, 3.8) is 0 Å². The zero-order chi connectivity index (χ0) is 11.6. The largest absolute Gasteiger partial charge is 0.469 e. The van der Waals surface area contributed by atoms with Crippen LogP contribution in [0.4, 0.5) is 0 Å². The van der Waals surface area contributed by atoms with Crippen molar-refractivity contribution in [2.75, 3.05) is 7.11 Å². The van der Waals surface area contributed by atoms with Gasteiger partial charge in [0.25, 0.3) is 0 Å². The number of ether oxygens (including phenoxy) is 1. The highest BCUT2D eigenvalue weighted by Gasteiger charge is 2.57. The van der Waals surface area contributed by atoms with Gasteiger partial charge in [-0.25, -0.2) is 0 Å². The summed E-state index contributed by atoms with van der Waals surface area (Å²) >= 11 is 0. The maximum Gasteiger partial charge on any atom is 0.314 e. The fourth-order valence-corrected chi connectivity index (χ4v) is 3.65. The summed E-state index contributed by atoms with van der Waals surface area (Å²) in [6, 6.07) is 0. The molecular formula is C13H22O3. The third kappa shape index (κ3) is 1.65. The van der Waals surface area contributed by atoms with Crippen LogP contribution in [-0.4, -0.2) is 23.8 Å². The number of hydrogen-bond donors (Lipinski definition) is 1. The molecule has 0 aromatic rings. The van der Waals surface area contributed by atoms with Crippen molar-refractivity contribution in [2.45, 2.75) is 63.4 Å². The second-order valence-corrected chi connectivity index (χ2v) is 5.37. The van der Waals surface area contributed by atoms with Gasteiger partial charge < -0.3 is 9.84 Å². The summed E-state index contributed by atoms with van der Waals surface area (Å²) in [6.45, 7) is 0. The molecule has 1 N–H and O–H groups in total. The Balaban J connectivity index is 2.27. The molecule has 0 heterocycles. The van der Waals surface area contributed by atoms with Crippen molar-refractivity contribution >= 4 is 5.97 Å². The van der Waals surface area contributed by atoms with Gasteiger partial charge in [-0.05, 0) is 25.7 Å². The third-order valence-electron chi connectivity index (χ3n) is 4.60. The Bertz CT molecular complexity index is 260. The van der Waals surface area contributed by atoms with Gasteiger partial charge in [0.05, 0.1) is 18.1 Å². The summed E-state index contributed by atoms with van der Waals surface area (Å²) in [7, 11) is 1.44. The van der Waals surface area contributed by atoms with E-state index in [0.717, 1.165) is 51.4 Å². The highest BCUT2D eigenvalue weighted by atomic mass is 16.5. The molecule has 2 aliphatic carbocycles. The summed E-state index contributed by atoms with van der Waals surface area (Å²) < 4.78 is 4.96. The van der Waals surface area contributed by atoms with Crippen LogP contribution in [0.5, 0.6) is 0 Å². The quantitative estimate of drug-likeness (QED) is 0.735. The molecule has 0 aromatic heterocycles. The molecule has 2 rings (SSSR count). The molecule has 16 heavy (non-hydrogen) atoms. The van der Waals surface area contributed by atoms with Crippen molar-refractivity contribution < 1.29 is 14.6 Å². The van der Waals surface area contributed by atoms with E-state index >= 15 is 0 Å². The van der Waals surface area contributed by atoms with Gasteiger partial charge in [-0.2, -0.15) is 0 Å². The summed E-state index contributed by atoms with van der Waals surface area (Å²) in [5, 5.41) is 10.8. The summed E-state index contributed by atoms with van der Waals surface area (Å²) in [5.74, 6) is -0.186. The van der Waals surface area contributed by atoms with Crippen LogP contribution in [0.25, 0.3) is 0 Å². The van der Waals surface area contributed by atoms with Crippen LogP contribution in [-0.2, 0) is 9.53 Å². The number of esters is 1. The molecule has 0 atom stereocenters. The monoisotopic (exact) mass is 226 g/mol. The molecule has 0 bridgehead atoms. The van der Waals surface area contributed by atoms with E-state index in [9.17, 15) is 9.90 Å². The van der Waals surface area contributed by atoms with E-state index in [4.69, 9.17) is 4.74 Å². The van der Waals surface area contributed by atoms with E-state index in [1.165, 1.54) is 13.5 Å². The van der Waals surface area contributed by atoms with Gasteiger partial charge in [0.2, 0.25) is 0 Å². The van der Waals surface area contributed by atoms with E-state index < -0.39 is 11.0 Å². The maximum atomic E-state index is 12.1. The molecule has 0 aliphatic heterocycles.